The second-order valence-corrected chi connectivity index (χ2v) is 6.68. The van der Waals surface area contributed by atoms with Crippen LogP contribution in [0.25, 0.3) is 5.65 Å². The first-order chi connectivity index (χ1) is 12.5. The third-order valence-electron chi connectivity index (χ3n) is 4.42. The monoisotopic (exact) mass is 370 g/mol. The van der Waals surface area contributed by atoms with Crippen molar-refractivity contribution in [2.45, 2.75) is 27.2 Å². The molecule has 0 unspecified atom stereocenters. The van der Waals surface area contributed by atoms with Crippen LogP contribution in [0.4, 0.5) is 11.4 Å². The highest BCUT2D eigenvalue weighted by Crippen LogP contribution is 2.23. The van der Waals surface area contributed by atoms with Gasteiger partial charge in [0, 0.05) is 36.9 Å². The van der Waals surface area contributed by atoms with Crippen molar-refractivity contribution < 1.29 is 4.79 Å². The Morgan fingerprint density at radius 1 is 1.19 bits per heavy atom. The van der Waals surface area contributed by atoms with Gasteiger partial charge in [-0.2, -0.15) is 0 Å². The van der Waals surface area contributed by atoms with Crippen LogP contribution in [0.5, 0.6) is 0 Å². The Hall–Kier alpha value is -2.53. The summed E-state index contributed by atoms with van der Waals surface area (Å²) < 4.78 is 1.83. The molecular weight excluding hydrogens is 348 g/mol. The molecule has 1 aromatic carbocycles. The number of pyridine rings is 1. The van der Waals surface area contributed by atoms with Gasteiger partial charge in [0.15, 0.2) is 0 Å². The van der Waals surface area contributed by atoms with E-state index in [-0.39, 0.29) is 12.3 Å². The number of amides is 1. The third-order valence-corrected chi connectivity index (χ3v) is 4.64. The van der Waals surface area contributed by atoms with Gasteiger partial charge in [0.1, 0.15) is 5.65 Å². The fraction of sp³-hybridized carbons (Fsp3) is 0.300. The molecule has 136 valence electrons. The molecule has 0 fully saturated rings. The van der Waals surface area contributed by atoms with Crippen molar-refractivity contribution in [1.82, 2.24) is 9.38 Å². The van der Waals surface area contributed by atoms with E-state index in [9.17, 15) is 4.79 Å². The summed E-state index contributed by atoms with van der Waals surface area (Å²) in [4.78, 5) is 19.1. The van der Waals surface area contributed by atoms with Gasteiger partial charge in [-0.1, -0.05) is 11.6 Å². The molecule has 0 saturated carbocycles. The van der Waals surface area contributed by atoms with E-state index < -0.39 is 0 Å². The SMILES string of the molecule is CCN(CC)c1ccc(NC(=O)Cc2cn3cc(Cl)ccc3n2)c(C)c1. The smallest absolute Gasteiger partial charge is 0.230 e. The number of halogens is 1. The predicted molar refractivity (Wildman–Crippen MR) is 107 cm³/mol. The number of carbonyl (C=O) groups excluding carboxylic acids is 1. The predicted octanol–water partition coefficient (Wildman–Crippen LogP) is 4.32. The summed E-state index contributed by atoms with van der Waals surface area (Å²) in [5.41, 5.74) is 4.53. The number of nitrogens with zero attached hydrogens (tertiary/aromatic N) is 3. The lowest BCUT2D eigenvalue weighted by Crippen LogP contribution is -2.22. The van der Waals surface area contributed by atoms with Crippen LogP contribution in [0.3, 0.4) is 0 Å². The van der Waals surface area contributed by atoms with Gasteiger partial charge in [-0.3, -0.25) is 4.79 Å². The fourth-order valence-corrected chi connectivity index (χ4v) is 3.20. The molecule has 0 aliphatic heterocycles. The van der Waals surface area contributed by atoms with E-state index in [2.05, 4.69) is 35.1 Å². The standard InChI is InChI=1S/C20H23ClN4O/c1-4-24(5-2)17-7-8-18(14(3)10-17)23-20(26)11-16-13-25-12-15(21)6-9-19(25)22-16/h6-10,12-13H,4-5,11H2,1-3H3,(H,23,26). The number of aromatic nitrogens is 2. The van der Waals surface area contributed by atoms with Crippen LogP contribution in [-0.2, 0) is 11.2 Å². The topological polar surface area (TPSA) is 49.6 Å². The van der Waals surface area contributed by atoms with Crippen molar-refractivity contribution in [3.63, 3.8) is 0 Å². The lowest BCUT2D eigenvalue weighted by atomic mass is 10.1. The molecule has 0 aliphatic carbocycles. The molecule has 1 N–H and O–H groups in total. The molecule has 3 rings (SSSR count). The number of nitrogens with one attached hydrogen (secondary N) is 1. The van der Waals surface area contributed by atoms with E-state index >= 15 is 0 Å². The van der Waals surface area contributed by atoms with Gasteiger partial charge >= 0.3 is 0 Å². The average molecular weight is 371 g/mol. The lowest BCUT2D eigenvalue weighted by Gasteiger charge is -2.22. The summed E-state index contributed by atoms with van der Waals surface area (Å²) >= 11 is 5.98. The van der Waals surface area contributed by atoms with E-state index in [1.54, 1.807) is 12.3 Å². The number of carbonyl (C=O) groups is 1. The Balaban J connectivity index is 1.70. The zero-order valence-corrected chi connectivity index (χ0v) is 16.0. The maximum Gasteiger partial charge on any atom is 0.230 e. The summed E-state index contributed by atoms with van der Waals surface area (Å²) in [6.07, 6.45) is 3.83. The van der Waals surface area contributed by atoms with Gasteiger partial charge in [0.25, 0.3) is 0 Å². The number of aryl methyl sites for hydroxylation is 1. The van der Waals surface area contributed by atoms with Crippen molar-refractivity contribution in [1.29, 1.82) is 0 Å². The largest absolute Gasteiger partial charge is 0.372 e. The van der Waals surface area contributed by atoms with Crippen molar-refractivity contribution in [3.05, 3.63) is 59.0 Å². The van der Waals surface area contributed by atoms with Crippen molar-refractivity contribution in [3.8, 4) is 0 Å². The Morgan fingerprint density at radius 2 is 1.96 bits per heavy atom. The maximum atomic E-state index is 12.4. The van der Waals surface area contributed by atoms with Crippen molar-refractivity contribution in [2.24, 2.45) is 0 Å². The molecule has 5 nitrogen and oxygen atoms in total. The first-order valence-corrected chi connectivity index (χ1v) is 9.16. The minimum Gasteiger partial charge on any atom is -0.372 e. The number of rotatable bonds is 6. The molecule has 0 bridgehead atoms. The summed E-state index contributed by atoms with van der Waals surface area (Å²) in [5, 5.41) is 3.62. The summed E-state index contributed by atoms with van der Waals surface area (Å²) in [6.45, 7) is 8.20. The molecule has 6 heteroatoms. The molecule has 0 saturated heterocycles. The average Bonchev–Trinajstić information content (AvgIpc) is 2.99. The van der Waals surface area contributed by atoms with Crippen LogP contribution in [-0.4, -0.2) is 28.4 Å². The first-order valence-electron chi connectivity index (χ1n) is 8.78. The number of fused-ring (bicyclic) bond motifs is 1. The van der Waals surface area contributed by atoms with E-state index in [4.69, 9.17) is 11.6 Å². The van der Waals surface area contributed by atoms with Crippen LogP contribution in [0, 0.1) is 6.92 Å². The van der Waals surface area contributed by atoms with E-state index in [1.807, 2.05) is 35.7 Å². The van der Waals surface area contributed by atoms with E-state index in [0.29, 0.717) is 10.7 Å². The molecule has 2 heterocycles. The molecule has 1 amide bonds. The Bertz CT molecular complexity index is 931. The van der Waals surface area contributed by atoms with Crippen molar-refractivity contribution >= 4 is 34.5 Å². The second-order valence-electron chi connectivity index (χ2n) is 6.24. The van der Waals surface area contributed by atoms with Crippen LogP contribution in [0.2, 0.25) is 5.02 Å². The molecule has 0 atom stereocenters. The quantitative estimate of drug-likeness (QED) is 0.702. The van der Waals surface area contributed by atoms with Gasteiger partial charge in [-0.15, -0.1) is 0 Å². The zero-order chi connectivity index (χ0) is 18.7. The van der Waals surface area contributed by atoms with Crippen LogP contribution in [0.15, 0.2) is 42.7 Å². The summed E-state index contributed by atoms with van der Waals surface area (Å²) in [7, 11) is 0. The lowest BCUT2D eigenvalue weighted by molar-refractivity contribution is -0.115. The van der Waals surface area contributed by atoms with Crippen LogP contribution >= 0.6 is 11.6 Å². The normalized spacial score (nSPS) is 10.9. The van der Waals surface area contributed by atoms with Crippen LogP contribution < -0.4 is 10.2 Å². The van der Waals surface area contributed by atoms with Gasteiger partial charge in [-0.05, 0) is 56.7 Å². The number of hydrogen-bond acceptors (Lipinski definition) is 3. The highest BCUT2D eigenvalue weighted by Gasteiger charge is 2.11. The minimum absolute atomic E-state index is 0.0850. The van der Waals surface area contributed by atoms with Crippen LogP contribution in [0.1, 0.15) is 25.1 Å². The Morgan fingerprint density at radius 3 is 2.65 bits per heavy atom. The van der Waals surface area contributed by atoms with Gasteiger partial charge in [0.05, 0.1) is 17.1 Å². The molecule has 0 aliphatic rings. The number of hydrogen-bond donors (Lipinski definition) is 1. The maximum absolute atomic E-state index is 12.4. The first kappa shape index (κ1) is 18.3. The highest BCUT2D eigenvalue weighted by atomic mass is 35.5. The molecule has 0 radical (unpaired) electrons. The third kappa shape index (κ3) is 3.99. The number of imidazole rings is 1. The van der Waals surface area contributed by atoms with E-state index in [0.717, 1.165) is 30.0 Å². The van der Waals surface area contributed by atoms with Gasteiger partial charge < -0.3 is 14.6 Å². The minimum atomic E-state index is -0.0850. The Labute approximate surface area is 158 Å². The molecular formula is C20H23ClN4O. The fourth-order valence-electron chi connectivity index (χ4n) is 3.03. The highest BCUT2D eigenvalue weighted by molar-refractivity contribution is 6.30. The van der Waals surface area contributed by atoms with Gasteiger partial charge in [0.2, 0.25) is 5.91 Å². The zero-order valence-electron chi connectivity index (χ0n) is 15.3. The van der Waals surface area contributed by atoms with E-state index in [1.165, 1.54) is 5.69 Å². The number of benzene rings is 1. The summed E-state index contributed by atoms with van der Waals surface area (Å²) in [6, 6.07) is 9.73. The molecule has 2 aromatic heterocycles. The van der Waals surface area contributed by atoms with Gasteiger partial charge in [-0.25, -0.2) is 4.98 Å². The summed E-state index contributed by atoms with van der Waals surface area (Å²) in [5.74, 6) is -0.0850. The number of anilines is 2. The Kier molecular flexibility index (Phi) is 5.47. The van der Waals surface area contributed by atoms with Crippen molar-refractivity contribution in [2.75, 3.05) is 23.3 Å². The second kappa shape index (κ2) is 7.79. The molecule has 26 heavy (non-hydrogen) atoms. The molecule has 3 aromatic rings. The molecule has 0 spiro atoms.